The molecule has 0 aromatic heterocycles. The molecular formula is C18H24N2. The minimum atomic E-state index is 0.0726. The number of anilines is 1. The second-order valence-corrected chi connectivity index (χ2v) is 5.63. The van der Waals surface area contributed by atoms with Crippen molar-refractivity contribution in [1.82, 2.24) is 0 Å². The first-order valence-electron chi connectivity index (χ1n) is 7.16. The van der Waals surface area contributed by atoms with Crippen LogP contribution in [0.3, 0.4) is 0 Å². The van der Waals surface area contributed by atoms with Gasteiger partial charge in [0, 0.05) is 25.3 Å². The highest BCUT2D eigenvalue weighted by Crippen LogP contribution is 2.22. The Labute approximate surface area is 122 Å². The lowest BCUT2D eigenvalue weighted by Crippen LogP contribution is -2.31. The van der Waals surface area contributed by atoms with Crippen LogP contribution >= 0.6 is 0 Å². The number of nitrogens with two attached hydrogens (primary N) is 1. The second kappa shape index (κ2) is 6.58. The van der Waals surface area contributed by atoms with Crippen LogP contribution in [0.1, 0.15) is 24.1 Å². The van der Waals surface area contributed by atoms with Gasteiger partial charge in [-0.1, -0.05) is 49.4 Å². The summed E-state index contributed by atoms with van der Waals surface area (Å²) in [6, 6.07) is 19.0. The van der Waals surface area contributed by atoms with Crippen molar-refractivity contribution in [2.45, 2.75) is 19.9 Å². The van der Waals surface area contributed by atoms with Crippen LogP contribution in [0.4, 0.5) is 5.69 Å². The van der Waals surface area contributed by atoms with E-state index in [0.29, 0.717) is 5.92 Å². The number of aryl methyl sites for hydroxylation is 1. The monoisotopic (exact) mass is 268 g/mol. The lowest BCUT2D eigenvalue weighted by atomic mass is 9.95. The summed E-state index contributed by atoms with van der Waals surface area (Å²) in [6.07, 6.45) is 0. The minimum absolute atomic E-state index is 0.0726. The van der Waals surface area contributed by atoms with Gasteiger partial charge in [0.2, 0.25) is 0 Å². The Kier molecular flexibility index (Phi) is 4.80. The second-order valence-electron chi connectivity index (χ2n) is 5.63. The van der Waals surface area contributed by atoms with Gasteiger partial charge in [-0.05, 0) is 36.1 Å². The van der Waals surface area contributed by atoms with Gasteiger partial charge in [-0.25, -0.2) is 0 Å². The molecule has 2 heteroatoms. The number of benzene rings is 2. The molecule has 0 aliphatic carbocycles. The molecule has 2 atom stereocenters. The van der Waals surface area contributed by atoms with E-state index in [2.05, 4.69) is 62.2 Å². The van der Waals surface area contributed by atoms with Crippen molar-refractivity contribution >= 4 is 5.69 Å². The molecule has 0 spiro atoms. The molecule has 0 bridgehead atoms. The van der Waals surface area contributed by atoms with Gasteiger partial charge in [0.1, 0.15) is 0 Å². The fourth-order valence-electron chi connectivity index (χ4n) is 2.52. The number of hydrogen-bond acceptors (Lipinski definition) is 2. The molecule has 0 aliphatic rings. The van der Waals surface area contributed by atoms with Crippen molar-refractivity contribution in [1.29, 1.82) is 0 Å². The van der Waals surface area contributed by atoms with Gasteiger partial charge in [0.15, 0.2) is 0 Å². The lowest BCUT2D eigenvalue weighted by molar-refractivity contribution is 0.472. The van der Waals surface area contributed by atoms with Crippen molar-refractivity contribution < 1.29 is 0 Å². The standard InChI is InChI=1S/C18H24N2/c1-14-8-7-11-17(12-14)20(3)13-15(2)18(19)16-9-5-4-6-10-16/h4-12,15,18H,13,19H2,1-3H3. The summed E-state index contributed by atoms with van der Waals surface area (Å²) >= 11 is 0. The van der Waals surface area contributed by atoms with E-state index in [1.807, 2.05) is 18.2 Å². The van der Waals surface area contributed by atoms with E-state index < -0.39 is 0 Å². The Balaban J connectivity index is 2.02. The fourth-order valence-corrected chi connectivity index (χ4v) is 2.52. The molecule has 0 heterocycles. The van der Waals surface area contributed by atoms with E-state index >= 15 is 0 Å². The third kappa shape index (κ3) is 3.61. The molecule has 0 fully saturated rings. The number of nitrogens with zero attached hydrogens (tertiary/aromatic N) is 1. The zero-order valence-corrected chi connectivity index (χ0v) is 12.6. The zero-order valence-electron chi connectivity index (χ0n) is 12.6. The van der Waals surface area contributed by atoms with Crippen LogP contribution in [0.5, 0.6) is 0 Å². The Bertz CT molecular complexity index is 536. The first-order valence-corrected chi connectivity index (χ1v) is 7.16. The van der Waals surface area contributed by atoms with E-state index in [1.54, 1.807) is 0 Å². The summed E-state index contributed by atoms with van der Waals surface area (Å²) in [5.74, 6) is 0.392. The summed E-state index contributed by atoms with van der Waals surface area (Å²) in [5.41, 5.74) is 10.1. The molecule has 0 amide bonds. The molecular weight excluding hydrogens is 244 g/mol. The van der Waals surface area contributed by atoms with E-state index in [9.17, 15) is 0 Å². The number of hydrogen-bond donors (Lipinski definition) is 1. The van der Waals surface area contributed by atoms with Crippen molar-refractivity contribution in [3.05, 3.63) is 65.7 Å². The fraction of sp³-hybridized carbons (Fsp3) is 0.333. The molecule has 2 aromatic carbocycles. The van der Waals surface area contributed by atoms with Gasteiger partial charge < -0.3 is 10.6 Å². The van der Waals surface area contributed by atoms with Crippen molar-refractivity contribution in [2.75, 3.05) is 18.5 Å². The third-order valence-electron chi connectivity index (χ3n) is 3.80. The molecule has 2 unspecified atom stereocenters. The van der Waals surface area contributed by atoms with Crippen LogP contribution in [0, 0.1) is 12.8 Å². The predicted octanol–water partition coefficient (Wildman–Crippen LogP) is 3.77. The molecule has 0 saturated heterocycles. The molecule has 2 aromatic rings. The molecule has 0 saturated carbocycles. The largest absolute Gasteiger partial charge is 0.374 e. The van der Waals surface area contributed by atoms with E-state index in [4.69, 9.17) is 5.73 Å². The smallest absolute Gasteiger partial charge is 0.0366 e. The molecule has 2 rings (SSSR count). The highest BCUT2D eigenvalue weighted by Gasteiger charge is 2.16. The molecule has 0 radical (unpaired) electrons. The summed E-state index contributed by atoms with van der Waals surface area (Å²) in [5, 5.41) is 0. The van der Waals surface area contributed by atoms with Gasteiger partial charge >= 0.3 is 0 Å². The maximum absolute atomic E-state index is 6.37. The van der Waals surface area contributed by atoms with Gasteiger partial charge in [-0.15, -0.1) is 0 Å². The highest BCUT2D eigenvalue weighted by atomic mass is 15.1. The van der Waals surface area contributed by atoms with Crippen molar-refractivity contribution in [3.8, 4) is 0 Å². The Morgan fingerprint density at radius 1 is 1.05 bits per heavy atom. The Hall–Kier alpha value is -1.80. The summed E-state index contributed by atoms with van der Waals surface area (Å²) in [7, 11) is 2.13. The van der Waals surface area contributed by atoms with E-state index in [0.717, 1.165) is 6.54 Å². The maximum Gasteiger partial charge on any atom is 0.0366 e. The Morgan fingerprint density at radius 3 is 2.40 bits per heavy atom. The SMILES string of the molecule is Cc1cccc(N(C)CC(C)C(N)c2ccccc2)c1. The molecule has 20 heavy (non-hydrogen) atoms. The van der Waals surface area contributed by atoms with Crippen molar-refractivity contribution in [2.24, 2.45) is 11.7 Å². The van der Waals surface area contributed by atoms with Gasteiger partial charge in [0.25, 0.3) is 0 Å². The molecule has 2 nitrogen and oxygen atoms in total. The molecule has 106 valence electrons. The van der Waals surface area contributed by atoms with E-state index in [1.165, 1.54) is 16.8 Å². The molecule has 2 N–H and O–H groups in total. The zero-order chi connectivity index (χ0) is 14.5. The average Bonchev–Trinajstić information content (AvgIpc) is 2.47. The first kappa shape index (κ1) is 14.6. The van der Waals surface area contributed by atoms with Crippen LogP contribution in [0.25, 0.3) is 0 Å². The van der Waals surface area contributed by atoms with Crippen LogP contribution in [-0.4, -0.2) is 13.6 Å². The summed E-state index contributed by atoms with van der Waals surface area (Å²) < 4.78 is 0. The summed E-state index contributed by atoms with van der Waals surface area (Å²) in [4.78, 5) is 2.28. The average molecular weight is 268 g/mol. The maximum atomic E-state index is 6.37. The van der Waals surface area contributed by atoms with Crippen LogP contribution in [-0.2, 0) is 0 Å². The van der Waals surface area contributed by atoms with Gasteiger partial charge in [0.05, 0.1) is 0 Å². The van der Waals surface area contributed by atoms with E-state index in [-0.39, 0.29) is 6.04 Å². The lowest BCUT2D eigenvalue weighted by Gasteiger charge is -2.27. The highest BCUT2D eigenvalue weighted by molar-refractivity contribution is 5.47. The van der Waals surface area contributed by atoms with Gasteiger partial charge in [-0.2, -0.15) is 0 Å². The predicted molar refractivity (Wildman–Crippen MR) is 87.0 cm³/mol. The van der Waals surface area contributed by atoms with Crippen LogP contribution in [0.2, 0.25) is 0 Å². The topological polar surface area (TPSA) is 29.3 Å². The summed E-state index contributed by atoms with van der Waals surface area (Å²) in [6.45, 7) is 5.28. The first-order chi connectivity index (χ1) is 9.58. The normalized spacial score (nSPS) is 13.8. The van der Waals surface area contributed by atoms with Gasteiger partial charge in [-0.3, -0.25) is 0 Å². The Morgan fingerprint density at radius 2 is 1.75 bits per heavy atom. The van der Waals surface area contributed by atoms with Crippen LogP contribution in [0.15, 0.2) is 54.6 Å². The minimum Gasteiger partial charge on any atom is -0.374 e. The third-order valence-corrected chi connectivity index (χ3v) is 3.80. The van der Waals surface area contributed by atoms with Crippen LogP contribution < -0.4 is 10.6 Å². The quantitative estimate of drug-likeness (QED) is 0.894. The molecule has 0 aliphatic heterocycles. The van der Waals surface area contributed by atoms with Crippen molar-refractivity contribution in [3.63, 3.8) is 0 Å². The number of rotatable bonds is 5.